The lowest BCUT2D eigenvalue weighted by atomic mass is 10.0. The maximum absolute atomic E-state index is 12.8. The van der Waals surface area contributed by atoms with Crippen LogP contribution in [0.25, 0.3) is 16.9 Å². The first kappa shape index (κ1) is 16.5. The molecule has 3 rings (SSSR count). The highest BCUT2D eigenvalue weighted by molar-refractivity contribution is 6.31. The molecule has 2 N–H and O–H groups in total. The fraction of sp³-hybridized carbons (Fsp3) is 0.0588. The molecule has 0 aliphatic heterocycles. The Kier molecular flexibility index (Phi) is 4.13. The third kappa shape index (κ3) is 2.91. The Bertz CT molecular complexity index is 1070. The molecule has 0 saturated carbocycles. The van der Waals surface area contributed by atoms with Gasteiger partial charge in [0.25, 0.3) is 5.56 Å². The number of hydrogen-bond donors (Lipinski definition) is 2. The number of aromatic nitrogens is 3. The molecule has 0 radical (unpaired) electrons. The van der Waals surface area contributed by atoms with Gasteiger partial charge >= 0.3 is 5.97 Å². The number of pyridine rings is 1. The van der Waals surface area contributed by atoms with Crippen molar-refractivity contribution in [3.8, 4) is 23.0 Å². The number of aryl methyl sites for hydroxylation is 1. The van der Waals surface area contributed by atoms with Crippen LogP contribution in [0.3, 0.4) is 0 Å². The van der Waals surface area contributed by atoms with Crippen LogP contribution in [-0.4, -0.2) is 25.8 Å². The summed E-state index contributed by atoms with van der Waals surface area (Å²) in [6.45, 7) is 1.72. The van der Waals surface area contributed by atoms with Crippen molar-refractivity contribution < 1.29 is 9.90 Å². The fourth-order valence-corrected chi connectivity index (χ4v) is 2.62. The first-order valence-corrected chi connectivity index (χ1v) is 7.51. The molecule has 0 spiro atoms. The number of carboxylic acid groups (broad SMARTS) is 1. The molecule has 1 aromatic carbocycles. The van der Waals surface area contributed by atoms with Crippen molar-refractivity contribution in [3.05, 3.63) is 68.7 Å². The average Bonchev–Trinajstić information content (AvgIpc) is 2.90. The Morgan fingerprint density at radius 2 is 2.12 bits per heavy atom. The molecule has 124 valence electrons. The molecule has 0 aliphatic carbocycles. The lowest BCUT2D eigenvalue weighted by Gasteiger charge is -2.01. The second-order valence-corrected chi connectivity index (χ2v) is 5.68. The van der Waals surface area contributed by atoms with Crippen molar-refractivity contribution in [3.63, 3.8) is 0 Å². The Hall–Kier alpha value is -3.37. The number of nitrogens with one attached hydrogen (secondary N) is 1. The third-order valence-electron chi connectivity index (χ3n) is 3.67. The van der Waals surface area contributed by atoms with E-state index < -0.39 is 5.97 Å². The van der Waals surface area contributed by atoms with Crippen molar-refractivity contribution >= 4 is 17.6 Å². The zero-order valence-electron chi connectivity index (χ0n) is 12.9. The number of benzene rings is 1. The van der Waals surface area contributed by atoms with Gasteiger partial charge in [0, 0.05) is 11.9 Å². The van der Waals surface area contributed by atoms with Gasteiger partial charge in [0.15, 0.2) is 5.82 Å². The number of carboxylic acids is 1. The van der Waals surface area contributed by atoms with E-state index in [9.17, 15) is 9.59 Å². The van der Waals surface area contributed by atoms with E-state index in [4.69, 9.17) is 22.0 Å². The predicted molar refractivity (Wildman–Crippen MR) is 91.0 cm³/mol. The third-order valence-corrected chi connectivity index (χ3v) is 4.00. The van der Waals surface area contributed by atoms with Crippen molar-refractivity contribution in [2.24, 2.45) is 0 Å². The molecule has 3 aromatic rings. The van der Waals surface area contributed by atoms with Gasteiger partial charge in [0.05, 0.1) is 21.7 Å². The SMILES string of the molecule is Cc1[nH]n(-c2ccc(C(=O)O)cn2)c(=O)c1-c1ccc(Cl)c(C#N)c1. The van der Waals surface area contributed by atoms with Crippen LogP contribution in [0.1, 0.15) is 21.6 Å². The highest BCUT2D eigenvalue weighted by Crippen LogP contribution is 2.25. The molecule has 2 aromatic heterocycles. The first-order valence-electron chi connectivity index (χ1n) is 7.13. The number of nitriles is 1. The molecule has 0 atom stereocenters. The molecule has 0 bridgehead atoms. The Morgan fingerprint density at radius 1 is 1.36 bits per heavy atom. The van der Waals surface area contributed by atoms with Crippen molar-refractivity contribution in [1.29, 1.82) is 5.26 Å². The van der Waals surface area contributed by atoms with E-state index in [2.05, 4.69) is 10.1 Å². The summed E-state index contributed by atoms with van der Waals surface area (Å²) in [6, 6.07) is 9.55. The zero-order valence-corrected chi connectivity index (χ0v) is 13.7. The van der Waals surface area contributed by atoms with E-state index >= 15 is 0 Å². The normalized spacial score (nSPS) is 10.4. The van der Waals surface area contributed by atoms with Crippen LogP contribution in [0, 0.1) is 18.3 Å². The van der Waals surface area contributed by atoms with E-state index in [1.807, 2.05) is 6.07 Å². The number of halogens is 1. The average molecular weight is 355 g/mol. The molecular weight excluding hydrogens is 344 g/mol. The molecule has 7 nitrogen and oxygen atoms in total. The predicted octanol–water partition coefficient (Wildman–Crippen LogP) is 2.76. The number of aromatic amines is 1. The fourth-order valence-electron chi connectivity index (χ4n) is 2.46. The summed E-state index contributed by atoms with van der Waals surface area (Å²) >= 11 is 5.93. The van der Waals surface area contributed by atoms with Crippen molar-refractivity contribution in [1.82, 2.24) is 14.8 Å². The molecule has 0 saturated heterocycles. The summed E-state index contributed by atoms with van der Waals surface area (Å²) in [5.41, 5.74) is 1.46. The van der Waals surface area contributed by atoms with Gasteiger partial charge in [-0.25, -0.2) is 14.5 Å². The second-order valence-electron chi connectivity index (χ2n) is 5.27. The van der Waals surface area contributed by atoms with Crippen LogP contribution < -0.4 is 5.56 Å². The minimum Gasteiger partial charge on any atom is -0.478 e. The lowest BCUT2D eigenvalue weighted by Crippen LogP contribution is -2.17. The number of H-pyrrole nitrogens is 1. The van der Waals surface area contributed by atoms with Gasteiger partial charge in [0.1, 0.15) is 6.07 Å². The molecule has 25 heavy (non-hydrogen) atoms. The summed E-state index contributed by atoms with van der Waals surface area (Å²) < 4.78 is 1.22. The molecule has 8 heteroatoms. The second kappa shape index (κ2) is 6.26. The maximum Gasteiger partial charge on any atom is 0.337 e. The molecule has 0 amide bonds. The standard InChI is InChI=1S/C17H11ClN4O3/c1-9-15(10-2-4-13(18)12(6-10)7-19)16(23)22(21-9)14-5-3-11(8-20-14)17(24)25/h2-6,8,21H,1H3,(H,24,25). The number of nitrogens with zero attached hydrogens (tertiary/aromatic N) is 3. The highest BCUT2D eigenvalue weighted by Gasteiger charge is 2.16. The molecule has 2 heterocycles. The Labute approximate surface area is 146 Å². The molecule has 0 unspecified atom stereocenters. The van der Waals surface area contributed by atoms with Gasteiger partial charge in [-0.2, -0.15) is 5.26 Å². The number of rotatable bonds is 3. The minimum atomic E-state index is -1.10. The van der Waals surface area contributed by atoms with Gasteiger partial charge in [-0.05, 0) is 36.8 Å². The number of aromatic carboxylic acids is 1. The minimum absolute atomic E-state index is 0.0247. The maximum atomic E-state index is 12.8. The van der Waals surface area contributed by atoms with Crippen molar-refractivity contribution in [2.75, 3.05) is 0 Å². The largest absolute Gasteiger partial charge is 0.478 e. The Morgan fingerprint density at radius 3 is 2.72 bits per heavy atom. The summed E-state index contributed by atoms with van der Waals surface area (Å²) in [6.07, 6.45) is 1.18. The van der Waals surface area contributed by atoms with Crippen molar-refractivity contribution in [2.45, 2.75) is 6.92 Å². The summed E-state index contributed by atoms with van der Waals surface area (Å²) in [5, 5.41) is 21.2. The van der Waals surface area contributed by atoms with E-state index in [-0.39, 0.29) is 22.5 Å². The topological polar surface area (TPSA) is 112 Å². The van der Waals surface area contributed by atoms with Crippen LogP contribution in [0.4, 0.5) is 0 Å². The van der Waals surface area contributed by atoms with E-state index in [0.717, 1.165) is 0 Å². The van der Waals surface area contributed by atoms with Crippen LogP contribution in [0.15, 0.2) is 41.3 Å². The van der Waals surface area contributed by atoms with Gasteiger partial charge in [-0.1, -0.05) is 17.7 Å². The molecule has 0 fully saturated rings. The number of carbonyl (C=O) groups is 1. The lowest BCUT2D eigenvalue weighted by molar-refractivity contribution is 0.0696. The smallest absolute Gasteiger partial charge is 0.337 e. The van der Waals surface area contributed by atoms with Crippen LogP contribution in [-0.2, 0) is 0 Å². The van der Waals surface area contributed by atoms with Gasteiger partial charge < -0.3 is 5.11 Å². The quantitative estimate of drug-likeness (QED) is 0.751. The van der Waals surface area contributed by atoms with E-state index in [0.29, 0.717) is 21.8 Å². The van der Waals surface area contributed by atoms with E-state index in [1.165, 1.54) is 23.0 Å². The monoisotopic (exact) mass is 354 g/mol. The highest BCUT2D eigenvalue weighted by atomic mass is 35.5. The summed E-state index contributed by atoms with van der Waals surface area (Å²) in [7, 11) is 0. The molecule has 0 aliphatic rings. The Balaban J connectivity index is 2.12. The van der Waals surface area contributed by atoms with Crippen LogP contribution in [0.2, 0.25) is 5.02 Å². The first-order chi connectivity index (χ1) is 11.9. The summed E-state index contributed by atoms with van der Waals surface area (Å²) in [4.78, 5) is 27.7. The van der Waals surface area contributed by atoms with E-state index in [1.54, 1.807) is 25.1 Å². The van der Waals surface area contributed by atoms with Gasteiger partial charge in [-0.3, -0.25) is 9.89 Å². The van der Waals surface area contributed by atoms with Crippen LogP contribution in [0.5, 0.6) is 0 Å². The zero-order chi connectivity index (χ0) is 18.1. The molecular formula is C17H11ClN4O3. The van der Waals surface area contributed by atoms with Gasteiger partial charge in [0.2, 0.25) is 0 Å². The van der Waals surface area contributed by atoms with Crippen LogP contribution >= 0.6 is 11.6 Å². The number of hydrogen-bond acceptors (Lipinski definition) is 4. The summed E-state index contributed by atoms with van der Waals surface area (Å²) in [5.74, 6) is -0.834. The van der Waals surface area contributed by atoms with Gasteiger partial charge in [-0.15, -0.1) is 0 Å².